The van der Waals surface area contributed by atoms with Crippen LogP contribution >= 0.6 is 0 Å². The molecule has 4 nitrogen and oxygen atoms in total. The zero-order valence-corrected chi connectivity index (χ0v) is 14.5. The average Bonchev–Trinajstić information content (AvgIpc) is 2.56. The summed E-state index contributed by atoms with van der Waals surface area (Å²) in [6.07, 6.45) is 5.16. The van der Waals surface area contributed by atoms with Crippen LogP contribution in [0.15, 0.2) is 47.9 Å². The maximum absolute atomic E-state index is 12.8. The number of benzene rings is 1. The summed E-state index contributed by atoms with van der Waals surface area (Å²) in [4.78, 5) is 0.355. The Bertz CT molecular complexity index is 576. The maximum atomic E-state index is 12.8. The Balaban J connectivity index is 2.04. The fourth-order valence-electron chi connectivity index (χ4n) is 2.84. The van der Waals surface area contributed by atoms with Gasteiger partial charge in [-0.15, -0.1) is 6.58 Å². The molecule has 0 radical (unpaired) electrons. The van der Waals surface area contributed by atoms with Gasteiger partial charge in [0.05, 0.1) is 16.2 Å². The monoisotopic (exact) mass is 338 g/mol. The molecule has 0 amide bonds. The van der Waals surface area contributed by atoms with Gasteiger partial charge in [0.2, 0.25) is 0 Å². The molecule has 1 heterocycles. The van der Waals surface area contributed by atoms with Crippen molar-refractivity contribution in [2.45, 2.75) is 61.6 Å². The molecule has 1 aromatic carbocycles. The quantitative estimate of drug-likeness (QED) is 0.678. The van der Waals surface area contributed by atoms with Crippen LogP contribution in [0.4, 0.5) is 0 Å². The molecule has 1 aliphatic rings. The van der Waals surface area contributed by atoms with Gasteiger partial charge in [-0.05, 0) is 51.2 Å². The number of hydrogen-bond donors (Lipinski definition) is 0. The Labute approximate surface area is 139 Å². The topological polar surface area (TPSA) is 52.6 Å². The van der Waals surface area contributed by atoms with E-state index in [0.717, 1.165) is 25.9 Å². The first-order chi connectivity index (χ1) is 11.0. The fourth-order valence-corrected chi connectivity index (χ4v) is 4.68. The van der Waals surface area contributed by atoms with Crippen LogP contribution in [-0.4, -0.2) is 32.7 Å². The van der Waals surface area contributed by atoms with Gasteiger partial charge in [0.15, 0.2) is 16.1 Å². The smallest absolute Gasteiger partial charge is 0.181 e. The van der Waals surface area contributed by atoms with E-state index in [1.807, 2.05) is 13.0 Å². The molecule has 0 N–H and O–H groups in total. The summed E-state index contributed by atoms with van der Waals surface area (Å²) in [5, 5.41) is -0.527. The summed E-state index contributed by atoms with van der Waals surface area (Å²) in [5.74, 6) is 0. The van der Waals surface area contributed by atoms with E-state index >= 15 is 0 Å². The zero-order chi connectivity index (χ0) is 16.7. The minimum Gasteiger partial charge on any atom is -0.353 e. The number of rotatable bonds is 8. The van der Waals surface area contributed by atoms with Crippen molar-refractivity contribution in [2.24, 2.45) is 0 Å². The van der Waals surface area contributed by atoms with Crippen molar-refractivity contribution in [3.05, 3.63) is 43.0 Å². The van der Waals surface area contributed by atoms with Crippen molar-refractivity contribution in [1.29, 1.82) is 0 Å². The van der Waals surface area contributed by atoms with Crippen molar-refractivity contribution in [1.82, 2.24) is 0 Å². The molecule has 0 spiro atoms. The number of ether oxygens (including phenoxy) is 2. The molecule has 2 unspecified atom stereocenters. The maximum Gasteiger partial charge on any atom is 0.181 e. The molecule has 0 aromatic heterocycles. The van der Waals surface area contributed by atoms with E-state index in [9.17, 15) is 8.42 Å². The summed E-state index contributed by atoms with van der Waals surface area (Å²) in [6.45, 7) is 6.33. The third-order valence-corrected chi connectivity index (χ3v) is 6.25. The molecule has 1 aliphatic heterocycles. The van der Waals surface area contributed by atoms with Crippen LogP contribution in [0, 0.1) is 0 Å². The zero-order valence-electron chi connectivity index (χ0n) is 13.7. The third-order valence-electron chi connectivity index (χ3n) is 4.06. The summed E-state index contributed by atoms with van der Waals surface area (Å²) in [5.41, 5.74) is 0. The highest BCUT2D eigenvalue weighted by Crippen LogP contribution is 2.24. The van der Waals surface area contributed by atoms with E-state index in [2.05, 4.69) is 6.58 Å². The van der Waals surface area contributed by atoms with Crippen LogP contribution in [0.2, 0.25) is 0 Å². The SMILES string of the molecule is C=CCC(CC(C)O[C@H]1CCCCO1)S(=O)(=O)c1ccccc1. The lowest BCUT2D eigenvalue weighted by Gasteiger charge is -2.28. The molecule has 1 fully saturated rings. The molecule has 1 aromatic rings. The van der Waals surface area contributed by atoms with Crippen LogP contribution in [-0.2, 0) is 19.3 Å². The lowest BCUT2D eigenvalue weighted by atomic mass is 10.1. The van der Waals surface area contributed by atoms with Crippen LogP contribution < -0.4 is 0 Å². The van der Waals surface area contributed by atoms with Gasteiger partial charge in [-0.2, -0.15) is 0 Å². The predicted octanol–water partition coefficient (Wildman–Crippen LogP) is 3.73. The minimum atomic E-state index is -3.39. The molecule has 3 atom stereocenters. The molecule has 128 valence electrons. The summed E-state index contributed by atoms with van der Waals surface area (Å²) in [6, 6.07) is 8.58. The average molecular weight is 338 g/mol. The highest BCUT2D eigenvalue weighted by molar-refractivity contribution is 7.92. The van der Waals surface area contributed by atoms with Gasteiger partial charge in [0.25, 0.3) is 0 Å². The Hall–Kier alpha value is -1.17. The molecule has 0 aliphatic carbocycles. The molecular weight excluding hydrogens is 312 g/mol. The largest absolute Gasteiger partial charge is 0.353 e. The molecule has 2 rings (SSSR count). The molecule has 1 saturated heterocycles. The second kappa shape index (κ2) is 8.62. The summed E-state index contributed by atoms with van der Waals surface area (Å²) in [7, 11) is -3.39. The second-order valence-electron chi connectivity index (χ2n) is 5.98. The van der Waals surface area contributed by atoms with Crippen molar-refractivity contribution in [2.75, 3.05) is 6.61 Å². The molecule has 23 heavy (non-hydrogen) atoms. The Kier molecular flexibility index (Phi) is 6.81. The van der Waals surface area contributed by atoms with E-state index in [4.69, 9.17) is 9.47 Å². The van der Waals surface area contributed by atoms with Crippen LogP contribution in [0.3, 0.4) is 0 Å². The van der Waals surface area contributed by atoms with E-state index in [1.165, 1.54) is 0 Å². The van der Waals surface area contributed by atoms with Crippen LogP contribution in [0.5, 0.6) is 0 Å². The van der Waals surface area contributed by atoms with E-state index < -0.39 is 15.1 Å². The van der Waals surface area contributed by atoms with Crippen molar-refractivity contribution >= 4 is 9.84 Å². The van der Waals surface area contributed by atoms with Gasteiger partial charge >= 0.3 is 0 Å². The number of allylic oxidation sites excluding steroid dienone is 1. The van der Waals surface area contributed by atoms with Crippen molar-refractivity contribution in [3.63, 3.8) is 0 Å². The fraction of sp³-hybridized carbons (Fsp3) is 0.556. The van der Waals surface area contributed by atoms with E-state index in [1.54, 1.807) is 30.3 Å². The first-order valence-electron chi connectivity index (χ1n) is 8.21. The molecule has 0 bridgehead atoms. The van der Waals surface area contributed by atoms with Crippen molar-refractivity contribution in [3.8, 4) is 0 Å². The minimum absolute atomic E-state index is 0.179. The van der Waals surface area contributed by atoms with Gasteiger partial charge in [-0.1, -0.05) is 24.3 Å². The third kappa shape index (κ3) is 5.16. The predicted molar refractivity (Wildman–Crippen MR) is 91.0 cm³/mol. The Morgan fingerprint density at radius 1 is 1.35 bits per heavy atom. The van der Waals surface area contributed by atoms with Gasteiger partial charge in [0.1, 0.15) is 0 Å². The highest BCUT2D eigenvalue weighted by atomic mass is 32.2. The Morgan fingerprint density at radius 3 is 2.70 bits per heavy atom. The van der Waals surface area contributed by atoms with Crippen LogP contribution in [0.25, 0.3) is 0 Å². The van der Waals surface area contributed by atoms with Crippen molar-refractivity contribution < 1.29 is 17.9 Å². The first-order valence-corrected chi connectivity index (χ1v) is 9.75. The molecule has 0 saturated carbocycles. The number of hydrogen-bond acceptors (Lipinski definition) is 4. The second-order valence-corrected chi connectivity index (χ2v) is 8.21. The lowest BCUT2D eigenvalue weighted by Crippen LogP contribution is -2.31. The van der Waals surface area contributed by atoms with Gasteiger partial charge in [-0.3, -0.25) is 0 Å². The van der Waals surface area contributed by atoms with Gasteiger partial charge < -0.3 is 9.47 Å². The highest BCUT2D eigenvalue weighted by Gasteiger charge is 2.29. The van der Waals surface area contributed by atoms with Gasteiger partial charge in [-0.25, -0.2) is 8.42 Å². The van der Waals surface area contributed by atoms with Gasteiger partial charge in [0, 0.05) is 6.61 Å². The Morgan fingerprint density at radius 2 is 2.09 bits per heavy atom. The van der Waals surface area contributed by atoms with Crippen LogP contribution in [0.1, 0.15) is 39.0 Å². The molecular formula is C18H26O4S. The lowest BCUT2D eigenvalue weighted by molar-refractivity contribution is -0.185. The van der Waals surface area contributed by atoms with E-state index in [-0.39, 0.29) is 12.4 Å². The standard InChI is InChI=1S/C18H26O4S/c1-3-9-17(23(19,20)16-10-5-4-6-11-16)14-15(2)22-18-12-7-8-13-21-18/h3-6,10-11,15,17-18H,1,7-9,12-14H2,2H3/t15?,17?,18-/m0/s1. The first kappa shape index (κ1) is 18.2. The summed E-state index contributed by atoms with van der Waals surface area (Å²) < 4.78 is 37.1. The van der Waals surface area contributed by atoms with E-state index in [0.29, 0.717) is 17.7 Å². The number of sulfone groups is 1. The normalized spacial score (nSPS) is 21.5. The summed E-state index contributed by atoms with van der Waals surface area (Å²) >= 11 is 0. The molecule has 5 heteroatoms.